The van der Waals surface area contributed by atoms with Gasteiger partial charge in [0.05, 0.1) is 18.8 Å². The molecule has 10 heteroatoms. The largest absolute Gasteiger partial charge is 0.377 e. The fraction of sp³-hybridized carbons (Fsp3) is 0.364. The van der Waals surface area contributed by atoms with Crippen molar-refractivity contribution in [1.82, 2.24) is 21.5 Å². The van der Waals surface area contributed by atoms with E-state index in [2.05, 4.69) is 26.5 Å². The van der Waals surface area contributed by atoms with E-state index in [9.17, 15) is 13.6 Å². The first kappa shape index (κ1) is 24.1. The number of carbonyl (C=O) groups is 1. The van der Waals surface area contributed by atoms with E-state index >= 15 is 0 Å². The number of nitrogens with one attached hydrogen (secondary N) is 4. The van der Waals surface area contributed by atoms with Crippen LogP contribution in [0.15, 0.2) is 47.5 Å². The average molecular weight is 466 g/mol. The number of hydrazine groups is 1. The maximum absolute atomic E-state index is 13.5. The molecule has 1 aliphatic rings. The summed E-state index contributed by atoms with van der Waals surface area (Å²) in [4.78, 5) is 17.0. The highest BCUT2D eigenvalue weighted by molar-refractivity contribution is 6.30. The van der Waals surface area contributed by atoms with E-state index in [1.165, 1.54) is 6.07 Å². The highest BCUT2D eigenvalue weighted by atomic mass is 35.5. The predicted molar refractivity (Wildman–Crippen MR) is 119 cm³/mol. The Morgan fingerprint density at radius 3 is 2.66 bits per heavy atom. The van der Waals surface area contributed by atoms with Crippen molar-refractivity contribution >= 4 is 23.5 Å². The van der Waals surface area contributed by atoms with Crippen LogP contribution in [0.2, 0.25) is 5.02 Å². The van der Waals surface area contributed by atoms with Gasteiger partial charge in [0.25, 0.3) is 5.91 Å². The average Bonchev–Trinajstić information content (AvgIpc) is 3.23. The predicted octanol–water partition coefficient (Wildman–Crippen LogP) is 3.28. The Morgan fingerprint density at radius 1 is 1.22 bits per heavy atom. The number of amides is 1. The first-order chi connectivity index (χ1) is 15.4. The summed E-state index contributed by atoms with van der Waals surface area (Å²) in [5, 5.41) is 6.44. The third kappa shape index (κ3) is 6.70. The summed E-state index contributed by atoms with van der Waals surface area (Å²) in [5.41, 5.74) is 7.35. The maximum atomic E-state index is 13.5. The monoisotopic (exact) mass is 465 g/mol. The van der Waals surface area contributed by atoms with Crippen molar-refractivity contribution in [3.8, 4) is 0 Å². The van der Waals surface area contributed by atoms with E-state index < -0.39 is 17.5 Å². The fourth-order valence-electron chi connectivity index (χ4n) is 3.22. The molecule has 32 heavy (non-hydrogen) atoms. The van der Waals surface area contributed by atoms with E-state index in [4.69, 9.17) is 16.3 Å². The van der Waals surface area contributed by atoms with Gasteiger partial charge in [0.1, 0.15) is 0 Å². The Balaban J connectivity index is 1.68. The van der Waals surface area contributed by atoms with Crippen molar-refractivity contribution in [3.05, 3.63) is 70.2 Å². The molecule has 0 aliphatic carbocycles. The Morgan fingerprint density at radius 2 is 1.97 bits per heavy atom. The highest BCUT2D eigenvalue weighted by Crippen LogP contribution is 2.22. The lowest BCUT2D eigenvalue weighted by atomic mass is 10.0. The molecule has 1 fully saturated rings. The topological polar surface area (TPSA) is 86.8 Å². The molecule has 172 valence electrons. The molecule has 7 nitrogen and oxygen atoms in total. The zero-order valence-corrected chi connectivity index (χ0v) is 18.5. The number of halogens is 3. The van der Waals surface area contributed by atoms with E-state index in [-0.39, 0.29) is 29.8 Å². The first-order valence-corrected chi connectivity index (χ1v) is 10.7. The Bertz CT molecular complexity index is 958. The van der Waals surface area contributed by atoms with E-state index in [0.29, 0.717) is 24.6 Å². The molecule has 1 saturated heterocycles. The van der Waals surface area contributed by atoms with Crippen molar-refractivity contribution in [2.75, 3.05) is 13.2 Å². The van der Waals surface area contributed by atoms with Crippen molar-refractivity contribution < 1.29 is 18.3 Å². The standard InChI is InChI=1S/C22H26ClF2N5O2/c1-3-32-13(2)12-26-22(28-21(31)15-6-9-17(24)18(25)10-15)27-20-11-19(29-30-20)14-4-7-16(23)8-5-14/h4-10,13,19-20,29-30H,3,11-12H2,1-2H3,(H2,26,27,28,31). The number of aliphatic imine (C=N–C) groups is 1. The molecule has 0 spiro atoms. The van der Waals surface area contributed by atoms with Gasteiger partial charge in [0, 0.05) is 29.7 Å². The number of hydrogen-bond donors (Lipinski definition) is 4. The fourth-order valence-corrected chi connectivity index (χ4v) is 3.35. The zero-order valence-electron chi connectivity index (χ0n) is 17.8. The maximum Gasteiger partial charge on any atom is 0.258 e. The van der Waals surface area contributed by atoms with Crippen LogP contribution in [-0.4, -0.2) is 37.3 Å². The summed E-state index contributed by atoms with van der Waals surface area (Å²) in [6, 6.07) is 10.5. The van der Waals surface area contributed by atoms with E-state index in [1.807, 2.05) is 38.1 Å². The molecule has 0 aromatic heterocycles. The summed E-state index contributed by atoms with van der Waals surface area (Å²) in [7, 11) is 0. The number of hydrogen-bond acceptors (Lipinski definition) is 5. The molecule has 3 rings (SSSR count). The van der Waals surface area contributed by atoms with Gasteiger partial charge in [-0.05, 0) is 49.7 Å². The smallest absolute Gasteiger partial charge is 0.258 e. The molecule has 3 unspecified atom stereocenters. The summed E-state index contributed by atoms with van der Waals surface area (Å²) in [5.74, 6) is -2.53. The van der Waals surface area contributed by atoms with Gasteiger partial charge in [0.2, 0.25) is 0 Å². The van der Waals surface area contributed by atoms with Crippen LogP contribution >= 0.6 is 11.6 Å². The molecule has 0 bridgehead atoms. The van der Waals surface area contributed by atoms with Gasteiger partial charge in [-0.25, -0.2) is 19.6 Å². The van der Waals surface area contributed by atoms with Crippen LogP contribution in [0.25, 0.3) is 0 Å². The number of guanidine groups is 1. The molecule has 1 heterocycles. The lowest BCUT2D eigenvalue weighted by Crippen LogP contribution is -2.50. The lowest BCUT2D eigenvalue weighted by molar-refractivity contribution is 0.0826. The summed E-state index contributed by atoms with van der Waals surface area (Å²) in [6.07, 6.45) is 0.249. The summed E-state index contributed by atoms with van der Waals surface area (Å²) < 4.78 is 32.2. The second-order valence-electron chi connectivity index (χ2n) is 7.36. The van der Waals surface area contributed by atoms with Gasteiger partial charge in [-0.1, -0.05) is 23.7 Å². The second-order valence-corrected chi connectivity index (χ2v) is 7.80. The van der Waals surface area contributed by atoms with E-state index in [1.54, 1.807) is 0 Å². The van der Waals surface area contributed by atoms with Crippen LogP contribution in [-0.2, 0) is 4.74 Å². The van der Waals surface area contributed by atoms with Gasteiger partial charge in [-0.15, -0.1) is 0 Å². The van der Waals surface area contributed by atoms with Crippen LogP contribution in [0.4, 0.5) is 8.78 Å². The number of benzene rings is 2. The van der Waals surface area contributed by atoms with Crippen LogP contribution in [0.5, 0.6) is 0 Å². The Hall–Kier alpha value is -2.59. The lowest BCUT2D eigenvalue weighted by Gasteiger charge is -2.18. The van der Waals surface area contributed by atoms with Gasteiger partial charge in [0.15, 0.2) is 17.6 Å². The van der Waals surface area contributed by atoms with Gasteiger partial charge in [-0.3, -0.25) is 15.1 Å². The molecule has 3 atom stereocenters. The molecular weight excluding hydrogens is 440 g/mol. The summed E-state index contributed by atoms with van der Waals surface area (Å²) >= 11 is 5.96. The molecule has 1 amide bonds. The van der Waals surface area contributed by atoms with Crippen molar-refractivity contribution in [2.24, 2.45) is 4.99 Å². The Labute approximate surface area is 190 Å². The van der Waals surface area contributed by atoms with Crippen LogP contribution in [0, 0.1) is 11.6 Å². The van der Waals surface area contributed by atoms with Gasteiger partial charge < -0.3 is 10.1 Å². The summed E-state index contributed by atoms with van der Waals surface area (Å²) in [6.45, 7) is 4.59. The minimum atomic E-state index is -1.10. The van der Waals surface area contributed by atoms with Gasteiger partial charge >= 0.3 is 0 Å². The van der Waals surface area contributed by atoms with Crippen LogP contribution in [0.1, 0.15) is 42.2 Å². The van der Waals surface area contributed by atoms with Crippen molar-refractivity contribution in [1.29, 1.82) is 0 Å². The third-order valence-electron chi connectivity index (χ3n) is 4.86. The van der Waals surface area contributed by atoms with Crippen LogP contribution in [0.3, 0.4) is 0 Å². The van der Waals surface area contributed by atoms with Gasteiger partial charge in [-0.2, -0.15) is 0 Å². The zero-order chi connectivity index (χ0) is 23.1. The molecule has 2 aromatic carbocycles. The number of ether oxygens (including phenoxy) is 1. The molecule has 0 radical (unpaired) electrons. The second kappa shape index (κ2) is 11.3. The molecule has 0 saturated carbocycles. The molecule has 1 aliphatic heterocycles. The third-order valence-corrected chi connectivity index (χ3v) is 5.11. The normalized spacial score (nSPS) is 19.6. The quantitative estimate of drug-likeness (QED) is 0.372. The SMILES string of the molecule is CCOC(C)CN=C(NC(=O)c1ccc(F)c(F)c1)NC1CC(c2ccc(Cl)cc2)NN1. The number of rotatable bonds is 7. The molecule has 2 aromatic rings. The highest BCUT2D eigenvalue weighted by Gasteiger charge is 2.26. The van der Waals surface area contributed by atoms with Crippen LogP contribution < -0.4 is 21.5 Å². The van der Waals surface area contributed by atoms with Crippen molar-refractivity contribution in [3.63, 3.8) is 0 Å². The van der Waals surface area contributed by atoms with E-state index in [0.717, 1.165) is 17.7 Å². The van der Waals surface area contributed by atoms with Crippen molar-refractivity contribution in [2.45, 2.75) is 38.6 Å². The Kier molecular flexibility index (Phi) is 8.52. The number of carbonyl (C=O) groups excluding carboxylic acids is 1. The molecule has 4 N–H and O–H groups in total. The minimum absolute atomic E-state index is 0.0206. The first-order valence-electron chi connectivity index (χ1n) is 10.3. The minimum Gasteiger partial charge on any atom is -0.377 e. The molecular formula is C22H26ClF2N5O2. The number of nitrogens with zero attached hydrogens (tertiary/aromatic N) is 1.